The zero-order chi connectivity index (χ0) is 15.3. The lowest BCUT2D eigenvalue weighted by Crippen LogP contribution is -2.24. The first kappa shape index (κ1) is 15.8. The first-order valence-electron chi connectivity index (χ1n) is 7.15. The molecule has 2 nitrogen and oxygen atoms in total. The number of pyridine rings is 1. The minimum atomic E-state index is -4.13. The summed E-state index contributed by atoms with van der Waals surface area (Å²) >= 11 is 0. The summed E-state index contributed by atoms with van der Waals surface area (Å²) in [6.45, 7) is 2.68. The Bertz CT molecular complexity index is 576. The fourth-order valence-electron chi connectivity index (χ4n) is 2.40. The van der Waals surface area contributed by atoms with Gasteiger partial charge in [-0.1, -0.05) is 31.2 Å². The van der Waals surface area contributed by atoms with E-state index in [1.807, 2.05) is 37.3 Å². The normalized spacial score (nSPS) is 13.5. The molecule has 0 amide bonds. The van der Waals surface area contributed by atoms with Crippen molar-refractivity contribution < 1.29 is 13.2 Å². The number of rotatable bonds is 6. The van der Waals surface area contributed by atoms with Crippen LogP contribution in [0.3, 0.4) is 0 Å². The number of hydrogen-bond acceptors (Lipinski definition) is 2. The van der Waals surface area contributed by atoms with Crippen molar-refractivity contribution in [2.45, 2.75) is 38.4 Å². The molecule has 1 aromatic carbocycles. The van der Waals surface area contributed by atoms with Gasteiger partial charge in [-0.15, -0.1) is 0 Å². The predicted molar refractivity (Wildman–Crippen MR) is 78.1 cm³/mol. The average molecular weight is 296 g/mol. The summed E-state index contributed by atoms with van der Waals surface area (Å²) in [6, 6.07) is 9.08. The molecule has 1 N–H and O–H groups in total. The molecular formula is C16H19F3N2. The number of nitrogens with zero attached hydrogens (tertiary/aromatic N) is 1. The van der Waals surface area contributed by atoms with E-state index in [9.17, 15) is 13.2 Å². The third kappa shape index (κ3) is 4.43. The Labute approximate surface area is 122 Å². The second-order valence-corrected chi connectivity index (χ2v) is 5.08. The molecule has 0 saturated heterocycles. The van der Waals surface area contributed by atoms with Crippen LogP contribution in [0.25, 0.3) is 10.9 Å². The van der Waals surface area contributed by atoms with Crippen molar-refractivity contribution in [1.29, 1.82) is 0 Å². The van der Waals surface area contributed by atoms with Gasteiger partial charge in [0.2, 0.25) is 0 Å². The zero-order valence-corrected chi connectivity index (χ0v) is 12.0. The van der Waals surface area contributed by atoms with Gasteiger partial charge >= 0.3 is 6.18 Å². The highest BCUT2D eigenvalue weighted by molar-refractivity contribution is 5.81. The van der Waals surface area contributed by atoms with E-state index in [0.717, 1.165) is 22.9 Å². The zero-order valence-electron chi connectivity index (χ0n) is 12.0. The lowest BCUT2D eigenvalue weighted by Gasteiger charge is -2.21. The molecule has 0 fully saturated rings. The van der Waals surface area contributed by atoms with E-state index < -0.39 is 12.6 Å². The standard InChI is InChI=1S/C16H19F3N2/c1-2-10-20-14(8-9-16(17,18)19)13-7-3-5-12-6-4-11-21-15(12)13/h3-7,11,14,20H,2,8-10H2,1H3. The van der Waals surface area contributed by atoms with Crippen molar-refractivity contribution >= 4 is 10.9 Å². The minimum Gasteiger partial charge on any atom is -0.310 e. The molecule has 1 atom stereocenters. The van der Waals surface area contributed by atoms with Gasteiger partial charge in [-0.05, 0) is 31.0 Å². The van der Waals surface area contributed by atoms with Crippen molar-refractivity contribution in [1.82, 2.24) is 10.3 Å². The largest absolute Gasteiger partial charge is 0.389 e. The van der Waals surface area contributed by atoms with Gasteiger partial charge in [0.15, 0.2) is 0 Å². The molecule has 0 aliphatic carbocycles. The Morgan fingerprint density at radius 1 is 1.19 bits per heavy atom. The van der Waals surface area contributed by atoms with E-state index in [2.05, 4.69) is 10.3 Å². The molecule has 0 bridgehead atoms. The number of hydrogen-bond donors (Lipinski definition) is 1. The number of alkyl halides is 3. The van der Waals surface area contributed by atoms with Crippen molar-refractivity contribution in [2.24, 2.45) is 0 Å². The summed E-state index contributed by atoms with van der Waals surface area (Å²) in [5.41, 5.74) is 1.61. The summed E-state index contributed by atoms with van der Waals surface area (Å²) in [7, 11) is 0. The predicted octanol–water partition coefficient (Wildman–Crippen LogP) is 4.62. The fraction of sp³-hybridized carbons (Fsp3) is 0.438. The summed E-state index contributed by atoms with van der Waals surface area (Å²) < 4.78 is 37.6. The van der Waals surface area contributed by atoms with Crippen LogP contribution in [-0.2, 0) is 0 Å². The van der Waals surface area contributed by atoms with E-state index in [1.165, 1.54) is 0 Å². The Hall–Kier alpha value is -1.62. The molecular weight excluding hydrogens is 277 g/mol. The van der Waals surface area contributed by atoms with E-state index in [1.54, 1.807) is 6.20 Å². The molecule has 0 saturated carbocycles. The van der Waals surface area contributed by atoms with Crippen LogP contribution in [0.4, 0.5) is 13.2 Å². The molecule has 114 valence electrons. The van der Waals surface area contributed by atoms with Crippen LogP contribution in [0.1, 0.15) is 37.8 Å². The number of halogens is 3. The van der Waals surface area contributed by atoms with Crippen molar-refractivity contribution in [3.8, 4) is 0 Å². The molecule has 1 aromatic heterocycles. The lowest BCUT2D eigenvalue weighted by molar-refractivity contribution is -0.136. The summed E-state index contributed by atoms with van der Waals surface area (Å²) in [5, 5.41) is 4.16. The van der Waals surface area contributed by atoms with Gasteiger partial charge < -0.3 is 5.32 Å². The van der Waals surface area contributed by atoms with E-state index >= 15 is 0 Å². The Morgan fingerprint density at radius 3 is 2.67 bits per heavy atom. The van der Waals surface area contributed by atoms with Crippen molar-refractivity contribution in [2.75, 3.05) is 6.54 Å². The molecule has 0 aliphatic rings. The van der Waals surface area contributed by atoms with Crippen LogP contribution >= 0.6 is 0 Å². The van der Waals surface area contributed by atoms with E-state index in [-0.39, 0.29) is 12.5 Å². The van der Waals surface area contributed by atoms with Crippen LogP contribution < -0.4 is 5.32 Å². The summed E-state index contributed by atoms with van der Waals surface area (Å²) in [5.74, 6) is 0. The van der Waals surface area contributed by atoms with Gasteiger partial charge in [0.1, 0.15) is 0 Å². The lowest BCUT2D eigenvalue weighted by atomic mass is 9.98. The van der Waals surface area contributed by atoms with Gasteiger partial charge in [0.05, 0.1) is 5.52 Å². The summed E-state index contributed by atoms with van der Waals surface area (Å²) in [4.78, 5) is 4.33. The average Bonchev–Trinajstić information content (AvgIpc) is 2.46. The number of benzene rings is 1. The van der Waals surface area contributed by atoms with Crippen molar-refractivity contribution in [3.63, 3.8) is 0 Å². The maximum atomic E-state index is 12.5. The summed E-state index contributed by atoms with van der Waals surface area (Å²) in [6.07, 6.45) is -2.35. The Balaban J connectivity index is 2.29. The van der Waals surface area contributed by atoms with Gasteiger partial charge in [-0.2, -0.15) is 13.2 Å². The molecule has 1 heterocycles. The molecule has 0 radical (unpaired) electrons. The van der Waals surface area contributed by atoms with Crippen LogP contribution in [0.2, 0.25) is 0 Å². The second kappa shape index (κ2) is 6.89. The number of fused-ring (bicyclic) bond motifs is 1. The Morgan fingerprint density at radius 2 is 1.95 bits per heavy atom. The highest BCUT2D eigenvalue weighted by atomic mass is 19.4. The van der Waals surface area contributed by atoms with Crippen LogP contribution in [0, 0.1) is 0 Å². The van der Waals surface area contributed by atoms with E-state index in [0.29, 0.717) is 6.54 Å². The first-order chi connectivity index (χ1) is 10.0. The SMILES string of the molecule is CCCNC(CCC(F)(F)F)c1cccc2cccnc12. The van der Waals surface area contributed by atoms with E-state index in [4.69, 9.17) is 0 Å². The molecule has 0 aliphatic heterocycles. The highest BCUT2D eigenvalue weighted by Gasteiger charge is 2.29. The Kier molecular flexibility index (Phi) is 5.17. The first-order valence-corrected chi connectivity index (χ1v) is 7.15. The third-order valence-corrected chi connectivity index (χ3v) is 3.40. The molecule has 2 aromatic rings. The van der Waals surface area contributed by atoms with Crippen molar-refractivity contribution in [3.05, 3.63) is 42.1 Å². The monoisotopic (exact) mass is 296 g/mol. The van der Waals surface area contributed by atoms with Crippen LogP contribution in [0.15, 0.2) is 36.5 Å². The molecule has 5 heteroatoms. The second-order valence-electron chi connectivity index (χ2n) is 5.08. The highest BCUT2D eigenvalue weighted by Crippen LogP contribution is 2.30. The number of para-hydroxylation sites is 1. The third-order valence-electron chi connectivity index (χ3n) is 3.40. The number of nitrogens with one attached hydrogen (secondary N) is 1. The molecule has 2 rings (SSSR count). The van der Waals surface area contributed by atoms with Gasteiger partial charge in [0, 0.05) is 24.0 Å². The quantitative estimate of drug-likeness (QED) is 0.841. The minimum absolute atomic E-state index is 0.0270. The maximum absolute atomic E-state index is 12.5. The molecule has 0 spiro atoms. The fourth-order valence-corrected chi connectivity index (χ4v) is 2.40. The van der Waals surface area contributed by atoms with Gasteiger partial charge in [-0.3, -0.25) is 4.98 Å². The smallest absolute Gasteiger partial charge is 0.310 e. The van der Waals surface area contributed by atoms with Crippen LogP contribution in [0.5, 0.6) is 0 Å². The number of aromatic nitrogens is 1. The van der Waals surface area contributed by atoms with Gasteiger partial charge in [-0.25, -0.2) is 0 Å². The van der Waals surface area contributed by atoms with Gasteiger partial charge in [0.25, 0.3) is 0 Å². The molecule has 1 unspecified atom stereocenters. The maximum Gasteiger partial charge on any atom is 0.389 e. The topological polar surface area (TPSA) is 24.9 Å². The van der Waals surface area contributed by atoms with Crippen LogP contribution in [-0.4, -0.2) is 17.7 Å². The molecule has 21 heavy (non-hydrogen) atoms.